The van der Waals surface area contributed by atoms with E-state index < -0.39 is 30.4 Å². The number of esters is 2. The van der Waals surface area contributed by atoms with E-state index in [0.29, 0.717) is 11.1 Å². The van der Waals surface area contributed by atoms with Crippen molar-refractivity contribution >= 4 is 41.4 Å². The van der Waals surface area contributed by atoms with Crippen LogP contribution in [0.2, 0.25) is 0 Å². The lowest BCUT2D eigenvalue weighted by Gasteiger charge is -2.19. The maximum absolute atomic E-state index is 12.8. The number of rotatable bonds is 8. The van der Waals surface area contributed by atoms with Crippen molar-refractivity contribution in [2.24, 2.45) is 0 Å². The zero-order valence-corrected chi connectivity index (χ0v) is 20.0. The number of ether oxygens (including phenoxy) is 3. The molecule has 12 nitrogen and oxygen atoms in total. The largest absolute Gasteiger partial charge is 0.459 e. The summed E-state index contributed by atoms with van der Waals surface area (Å²) in [5.74, 6) is -1.19. The fraction of sp³-hybridized carbons (Fsp3) is 0.208. The molecule has 1 aliphatic heterocycles. The van der Waals surface area contributed by atoms with Crippen LogP contribution in [0.5, 0.6) is 5.88 Å². The van der Waals surface area contributed by atoms with Gasteiger partial charge < -0.3 is 24.1 Å². The number of carbonyl (C=O) groups is 2. The monoisotopic (exact) mass is 523 g/mol. The molecule has 0 radical (unpaired) electrons. The van der Waals surface area contributed by atoms with Crippen LogP contribution in [0.25, 0.3) is 11.2 Å². The van der Waals surface area contributed by atoms with Gasteiger partial charge in [0.25, 0.3) is 5.88 Å². The summed E-state index contributed by atoms with van der Waals surface area (Å²) in [5, 5.41) is 0. The number of fused-ring (bicyclic) bond motifs is 1. The Morgan fingerprint density at radius 1 is 1.05 bits per heavy atom. The van der Waals surface area contributed by atoms with E-state index in [1.807, 2.05) is 0 Å². The molecule has 1 aliphatic rings. The highest BCUT2D eigenvalue weighted by molar-refractivity contribution is 7.89. The van der Waals surface area contributed by atoms with E-state index in [1.165, 1.54) is 6.33 Å². The van der Waals surface area contributed by atoms with Crippen LogP contribution in [0.3, 0.4) is 0 Å². The Hall–Kier alpha value is -4.20. The molecular weight excluding hydrogens is 502 g/mol. The van der Waals surface area contributed by atoms with E-state index >= 15 is 0 Å². The van der Waals surface area contributed by atoms with E-state index in [1.54, 1.807) is 65.2 Å². The number of aromatic nitrogens is 4. The van der Waals surface area contributed by atoms with Crippen LogP contribution < -0.4 is 9.92 Å². The molecule has 2 aromatic heterocycles. The van der Waals surface area contributed by atoms with Crippen LogP contribution in [0.4, 0.5) is 5.95 Å². The van der Waals surface area contributed by atoms with Crippen LogP contribution in [-0.4, -0.2) is 54.8 Å². The standard InChI is InChI=1S/C24H21N5O7S/c25-24-27-20-19(21(28-24)36-37-32)26-13-29(20)18-11-16(35-23(31)15-9-5-2-6-10-15)17(34-18)12-33-22(30)14-7-3-1-4-8-14/h1-10,13,16-18,32H,11-12H2,(H2,25,27,28)/t16-,17-,18-/m1/s1. The number of imidazole rings is 1. The molecule has 1 saturated heterocycles. The minimum absolute atomic E-state index is 0.0212. The Morgan fingerprint density at radius 2 is 1.73 bits per heavy atom. The highest BCUT2D eigenvalue weighted by atomic mass is 32.2. The number of anilines is 1. The first-order valence-electron chi connectivity index (χ1n) is 11.2. The van der Waals surface area contributed by atoms with Crippen molar-refractivity contribution in [2.45, 2.75) is 24.9 Å². The van der Waals surface area contributed by atoms with Gasteiger partial charge in [-0.05, 0) is 24.3 Å². The van der Waals surface area contributed by atoms with Crippen LogP contribution in [0.15, 0.2) is 67.0 Å². The zero-order valence-electron chi connectivity index (χ0n) is 19.2. The summed E-state index contributed by atoms with van der Waals surface area (Å²) in [4.78, 5) is 37.7. The lowest BCUT2D eigenvalue weighted by atomic mass is 10.1. The molecule has 0 bridgehead atoms. The first kappa shape index (κ1) is 24.5. The predicted molar refractivity (Wildman–Crippen MR) is 131 cm³/mol. The minimum Gasteiger partial charge on any atom is -0.459 e. The van der Waals surface area contributed by atoms with E-state index in [0.717, 1.165) is 0 Å². The molecule has 37 heavy (non-hydrogen) atoms. The Bertz CT molecular complexity index is 1400. The fourth-order valence-electron chi connectivity index (χ4n) is 3.95. The van der Waals surface area contributed by atoms with Crippen molar-refractivity contribution < 1.29 is 32.5 Å². The summed E-state index contributed by atoms with van der Waals surface area (Å²) in [5.41, 5.74) is 7.10. The molecule has 0 aliphatic carbocycles. The minimum atomic E-state index is -0.773. The van der Waals surface area contributed by atoms with Gasteiger partial charge in [-0.3, -0.25) is 9.12 Å². The molecule has 5 rings (SSSR count). The highest BCUT2D eigenvalue weighted by Crippen LogP contribution is 2.35. The third kappa shape index (κ3) is 5.33. The van der Waals surface area contributed by atoms with Gasteiger partial charge in [-0.15, -0.1) is 0 Å². The van der Waals surface area contributed by atoms with Crippen molar-refractivity contribution in [2.75, 3.05) is 12.3 Å². The predicted octanol–water partition coefficient (Wildman–Crippen LogP) is 3.28. The molecule has 3 atom stereocenters. The van der Waals surface area contributed by atoms with Crippen LogP contribution in [-0.2, 0) is 14.2 Å². The van der Waals surface area contributed by atoms with E-state index in [-0.39, 0.29) is 48.3 Å². The molecular formula is C24H21N5O7S. The Balaban J connectivity index is 1.39. The molecule has 2 aromatic carbocycles. The van der Waals surface area contributed by atoms with Gasteiger partial charge in [0.1, 0.15) is 25.0 Å². The van der Waals surface area contributed by atoms with Crippen LogP contribution in [0.1, 0.15) is 33.4 Å². The number of nitrogen functional groups attached to an aromatic ring is 1. The maximum Gasteiger partial charge on any atom is 0.338 e. The van der Waals surface area contributed by atoms with E-state index in [2.05, 4.69) is 15.0 Å². The Labute approximate surface area is 214 Å². The molecule has 1 fully saturated rings. The zero-order chi connectivity index (χ0) is 25.8. The Morgan fingerprint density at radius 3 is 2.41 bits per heavy atom. The van der Waals surface area contributed by atoms with Crippen molar-refractivity contribution in [3.05, 3.63) is 78.1 Å². The number of hydrogen-bond donors (Lipinski definition) is 2. The summed E-state index contributed by atoms with van der Waals surface area (Å²) < 4.78 is 33.1. The van der Waals surface area contributed by atoms with E-state index in [9.17, 15) is 9.59 Å². The molecule has 13 heteroatoms. The molecule has 4 aromatic rings. The maximum atomic E-state index is 12.8. The van der Waals surface area contributed by atoms with Crippen molar-refractivity contribution in [3.8, 4) is 5.88 Å². The van der Waals surface area contributed by atoms with E-state index in [4.69, 9.17) is 28.7 Å². The second-order valence-electron chi connectivity index (χ2n) is 8.01. The van der Waals surface area contributed by atoms with Gasteiger partial charge in [-0.1, -0.05) is 36.4 Å². The highest BCUT2D eigenvalue weighted by Gasteiger charge is 2.41. The second kappa shape index (κ2) is 10.8. The smallest absolute Gasteiger partial charge is 0.338 e. The van der Waals surface area contributed by atoms with Gasteiger partial charge in [0, 0.05) is 6.42 Å². The summed E-state index contributed by atoms with van der Waals surface area (Å²) in [6, 6.07) is 17.1. The summed E-state index contributed by atoms with van der Waals surface area (Å²) in [6.07, 6.45) is -0.547. The molecule has 190 valence electrons. The molecule has 0 unspecified atom stereocenters. The average molecular weight is 524 g/mol. The quantitative estimate of drug-likeness (QED) is 0.256. The topological polar surface area (TPSA) is 161 Å². The summed E-state index contributed by atoms with van der Waals surface area (Å²) in [7, 11) is 0. The fourth-order valence-corrected chi connectivity index (χ4v) is 4.14. The number of carbonyl (C=O) groups excluding carboxylic acids is 2. The van der Waals surface area contributed by atoms with Gasteiger partial charge in [-0.2, -0.15) is 9.97 Å². The van der Waals surface area contributed by atoms with Gasteiger partial charge in [-0.25, -0.2) is 14.6 Å². The average Bonchev–Trinajstić information content (AvgIpc) is 3.52. The molecule has 3 N–H and O–H groups in total. The second-order valence-corrected chi connectivity index (χ2v) is 8.32. The summed E-state index contributed by atoms with van der Waals surface area (Å²) in [6.45, 7) is -0.157. The van der Waals surface area contributed by atoms with Gasteiger partial charge >= 0.3 is 11.9 Å². The molecule has 3 heterocycles. The molecule has 0 amide bonds. The van der Waals surface area contributed by atoms with Gasteiger partial charge in [0.05, 0.1) is 17.5 Å². The normalized spacial score (nSPS) is 19.0. The lowest BCUT2D eigenvalue weighted by Crippen LogP contribution is -2.32. The number of nitrogens with two attached hydrogens (primary N) is 1. The van der Waals surface area contributed by atoms with Gasteiger partial charge in [0.15, 0.2) is 11.2 Å². The van der Waals surface area contributed by atoms with Crippen LogP contribution in [0, 0.1) is 0 Å². The number of benzene rings is 2. The first-order chi connectivity index (χ1) is 18.0. The number of nitrogens with zero attached hydrogens (tertiary/aromatic N) is 4. The van der Waals surface area contributed by atoms with Gasteiger partial charge in [0.2, 0.25) is 18.3 Å². The third-order valence-electron chi connectivity index (χ3n) is 5.67. The third-order valence-corrected chi connectivity index (χ3v) is 5.90. The van der Waals surface area contributed by atoms with Crippen molar-refractivity contribution in [3.63, 3.8) is 0 Å². The molecule has 0 saturated carbocycles. The number of hydrogen-bond acceptors (Lipinski definition) is 12. The Kier molecular flexibility index (Phi) is 7.16. The summed E-state index contributed by atoms with van der Waals surface area (Å²) >= 11 is 0.100. The van der Waals surface area contributed by atoms with Crippen molar-refractivity contribution in [1.82, 2.24) is 19.5 Å². The lowest BCUT2D eigenvalue weighted by molar-refractivity contribution is -0.0563. The first-order valence-corrected chi connectivity index (χ1v) is 11.8. The molecule has 0 spiro atoms. The van der Waals surface area contributed by atoms with Crippen molar-refractivity contribution in [1.29, 1.82) is 0 Å². The van der Waals surface area contributed by atoms with Crippen LogP contribution >= 0.6 is 12.3 Å². The SMILES string of the molecule is Nc1nc(OSO)c2ncn([C@H]3C[C@@H](OC(=O)c4ccccc4)[C@@H](COC(=O)c4ccccc4)O3)c2n1.